The van der Waals surface area contributed by atoms with E-state index in [0.29, 0.717) is 11.3 Å². The third kappa shape index (κ3) is 2.34. The summed E-state index contributed by atoms with van der Waals surface area (Å²) in [5.41, 5.74) is 0.424. The molecule has 1 aliphatic rings. The average molecular weight is 168 g/mol. The normalized spacial score (nSPS) is 31.1. The van der Waals surface area contributed by atoms with Crippen LogP contribution in [0.5, 0.6) is 0 Å². The Morgan fingerprint density at radius 1 is 1.58 bits per heavy atom. The Morgan fingerprint density at radius 3 is 2.75 bits per heavy atom. The Bertz CT molecular complexity index is 160. The maximum absolute atomic E-state index is 9.60. The Kier molecular flexibility index (Phi) is 2.94. The predicted octanol–water partition coefficient (Wildman–Crippen LogP) is 2.75. The molecule has 1 fully saturated rings. The van der Waals surface area contributed by atoms with E-state index < -0.39 is 0 Å². The van der Waals surface area contributed by atoms with E-state index in [1.807, 2.05) is 0 Å². The fourth-order valence-electron chi connectivity index (χ4n) is 2.24. The highest BCUT2D eigenvalue weighted by Gasteiger charge is 2.30. The van der Waals surface area contributed by atoms with Crippen molar-refractivity contribution in [2.75, 3.05) is 0 Å². The average Bonchev–Trinajstić information content (AvgIpc) is 2.01. The van der Waals surface area contributed by atoms with Crippen LogP contribution in [-0.4, -0.2) is 11.2 Å². The van der Waals surface area contributed by atoms with E-state index in [2.05, 4.69) is 20.4 Å². The number of rotatable bonds is 2. The summed E-state index contributed by atoms with van der Waals surface area (Å²) in [5, 5.41) is 9.60. The summed E-state index contributed by atoms with van der Waals surface area (Å²) < 4.78 is 0. The van der Waals surface area contributed by atoms with E-state index in [-0.39, 0.29) is 6.10 Å². The smallest absolute Gasteiger partial charge is 0.0746 e. The SMILES string of the molecule is C=CC(O)C1CCCC(C)(C)C1. The van der Waals surface area contributed by atoms with Crippen LogP contribution in [0.3, 0.4) is 0 Å². The molecule has 70 valence electrons. The van der Waals surface area contributed by atoms with Gasteiger partial charge in [-0.3, -0.25) is 0 Å². The molecule has 0 heterocycles. The Balaban J connectivity index is 2.51. The van der Waals surface area contributed by atoms with Crippen molar-refractivity contribution in [3.8, 4) is 0 Å². The van der Waals surface area contributed by atoms with Crippen molar-refractivity contribution in [2.24, 2.45) is 11.3 Å². The first kappa shape index (κ1) is 9.79. The van der Waals surface area contributed by atoms with E-state index in [4.69, 9.17) is 0 Å². The monoisotopic (exact) mass is 168 g/mol. The number of aliphatic hydroxyl groups is 1. The van der Waals surface area contributed by atoms with Crippen LogP contribution in [0.4, 0.5) is 0 Å². The second kappa shape index (κ2) is 3.61. The minimum absolute atomic E-state index is 0.287. The summed E-state index contributed by atoms with van der Waals surface area (Å²) in [6.45, 7) is 8.21. The van der Waals surface area contributed by atoms with Crippen LogP contribution in [0.25, 0.3) is 0 Å². The van der Waals surface area contributed by atoms with Gasteiger partial charge in [-0.25, -0.2) is 0 Å². The van der Waals surface area contributed by atoms with Crippen molar-refractivity contribution in [3.05, 3.63) is 12.7 Å². The summed E-state index contributed by atoms with van der Waals surface area (Å²) in [4.78, 5) is 0. The highest BCUT2D eigenvalue weighted by atomic mass is 16.3. The molecule has 1 N–H and O–H groups in total. The second-order valence-electron chi connectivity index (χ2n) is 4.75. The van der Waals surface area contributed by atoms with Crippen molar-refractivity contribution in [1.29, 1.82) is 0 Å². The largest absolute Gasteiger partial charge is 0.389 e. The molecule has 0 bridgehead atoms. The zero-order chi connectivity index (χ0) is 9.19. The van der Waals surface area contributed by atoms with E-state index in [9.17, 15) is 5.11 Å². The quantitative estimate of drug-likeness (QED) is 0.629. The van der Waals surface area contributed by atoms with Gasteiger partial charge in [0.15, 0.2) is 0 Å². The zero-order valence-corrected chi connectivity index (χ0v) is 8.21. The van der Waals surface area contributed by atoms with Gasteiger partial charge in [0.1, 0.15) is 0 Å². The second-order valence-corrected chi connectivity index (χ2v) is 4.75. The van der Waals surface area contributed by atoms with Gasteiger partial charge in [0.25, 0.3) is 0 Å². The summed E-state index contributed by atoms with van der Waals surface area (Å²) in [6, 6.07) is 0. The van der Waals surface area contributed by atoms with Crippen molar-refractivity contribution in [2.45, 2.75) is 45.6 Å². The number of hydrogen-bond acceptors (Lipinski definition) is 1. The number of aliphatic hydroxyl groups excluding tert-OH is 1. The van der Waals surface area contributed by atoms with E-state index in [0.717, 1.165) is 12.8 Å². The molecule has 0 radical (unpaired) electrons. The Labute approximate surface area is 75.5 Å². The summed E-state index contributed by atoms with van der Waals surface area (Å²) in [6.07, 6.45) is 6.24. The van der Waals surface area contributed by atoms with Crippen LogP contribution in [0.1, 0.15) is 39.5 Å². The molecule has 1 nitrogen and oxygen atoms in total. The zero-order valence-electron chi connectivity index (χ0n) is 8.21. The maximum Gasteiger partial charge on any atom is 0.0746 e. The molecule has 0 aliphatic heterocycles. The molecular formula is C11H20O. The molecule has 0 saturated heterocycles. The summed E-state index contributed by atoms with van der Waals surface area (Å²) >= 11 is 0. The third-order valence-electron chi connectivity index (χ3n) is 2.97. The molecule has 0 aromatic heterocycles. The van der Waals surface area contributed by atoms with Crippen LogP contribution in [-0.2, 0) is 0 Å². The molecule has 12 heavy (non-hydrogen) atoms. The Hall–Kier alpha value is -0.300. The van der Waals surface area contributed by atoms with Crippen molar-refractivity contribution in [1.82, 2.24) is 0 Å². The molecule has 0 spiro atoms. The van der Waals surface area contributed by atoms with Crippen LogP contribution in [0.15, 0.2) is 12.7 Å². The lowest BCUT2D eigenvalue weighted by molar-refractivity contribution is 0.0763. The van der Waals surface area contributed by atoms with E-state index >= 15 is 0 Å². The van der Waals surface area contributed by atoms with Crippen LogP contribution in [0.2, 0.25) is 0 Å². The highest BCUT2D eigenvalue weighted by Crippen LogP contribution is 2.39. The molecule has 2 unspecified atom stereocenters. The van der Waals surface area contributed by atoms with Crippen LogP contribution < -0.4 is 0 Å². The van der Waals surface area contributed by atoms with Gasteiger partial charge in [0.05, 0.1) is 6.10 Å². The lowest BCUT2D eigenvalue weighted by atomic mass is 9.70. The summed E-state index contributed by atoms with van der Waals surface area (Å²) in [5.74, 6) is 0.450. The van der Waals surface area contributed by atoms with Gasteiger partial charge >= 0.3 is 0 Å². The minimum atomic E-state index is -0.287. The molecule has 0 amide bonds. The van der Waals surface area contributed by atoms with Gasteiger partial charge in [0, 0.05) is 0 Å². The van der Waals surface area contributed by atoms with Gasteiger partial charge in [-0.15, -0.1) is 6.58 Å². The lowest BCUT2D eigenvalue weighted by Gasteiger charge is -2.36. The fraction of sp³-hybridized carbons (Fsp3) is 0.818. The van der Waals surface area contributed by atoms with Gasteiger partial charge in [-0.05, 0) is 30.6 Å². The molecule has 1 rings (SSSR count). The van der Waals surface area contributed by atoms with E-state index in [1.165, 1.54) is 12.8 Å². The molecular weight excluding hydrogens is 148 g/mol. The summed E-state index contributed by atoms with van der Waals surface area (Å²) in [7, 11) is 0. The van der Waals surface area contributed by atoms with Gasteiger partial charge in [0.2, 0.25) is 0 Å². The first-order chi connectivity index (χ1) is 5.55. The first-order valence-corrected chi connectivity index (χ1v) is 4.86. The lowest BCUT2D eigenvalue weighted by Crippen LogP contribution is -2.29. The topological polar surface area (TPSA) is 20.2 Å². The van der Waals surface area contributed by atoms with Gasteiger partial charge in [-0.1, -0.05) is 26.3 Å². The van der Waals surface area contributed by atoms with Crippen LogP contribution >= 0.6 is 0 Å². The first-order valence-electron chi connectivity index (χ1n) is 4.86. The molecule has 1 saturated carbocycles. The molecule has 0 aromatic carbocycles. The molecule has 0 aromatic rings. The fourth-order valence-corrected chi connectivity index (χ4v) is 2.24. The van der Waals surface area contributed by atoms with E-state index in [1.54, 1.807) is 6.08 Å². The predicted molar refractivity (Wildman–Crippen MR) is 51.9 cm³/mol. The van der Waals surface area contributed by atoms with Crippen molar-refractivity contribution >= 4 is 0 Å². The van der Waals surface area contributed by atoms with Gasteiger partial charge in [-0.2, -0.15) is 0 Å². The van der Waals surface area contributed by atoms with Crippen molar-refractivity contribution < 1.29 is 5.11 Å². The van der Waals surface area contributed by atoms with Crippen LogP contribution in [0, 0.1) is 11.3 Å². The molecule has 1 aliphatic carbocycles. The third-order valence-corrected chi connectivity index (χ3v) is 2.97. The molecule has 1 heteroatoms. The Morgan fingerprint density at radius 2 is 2.25 bits per heavy atom. The number of hydrogen-bond donors (Lipinski definition) is 1. The maximum atomic E-state index is 9.60. The van der Waals surface area contributed by atoms with Gasteiger partial charge < -0.3 is 5.11 Å². The minimum Gasteiger partial charge on any atom is -0.389 e. The standard InChI is InChI=1S/C11H20O/c1-4-10(12)9-6-5-7-11(2,3)8-9/h4,9-10,12H,1,5-8H2,2-3H3. The highest BCUT2D eigenvalue weighted by molar-refractivity contribution is 4.90. The van der Waals surface area contributed by atoms with Crippen molar-refractivity contribution in [3.63, 3.8) is 0 Å². The molecule has 2 atom stereocenters.